The monoisotopic (exact) mass is 362 g/mol. The Kier molecular flexibility index (Phi) is 4.37. The number of furan rings is 1. The van der Waals surface area contributed by atoms with Gasteiger partial charge in [0.1, 0.15) is 11.9 Å². The lowest BCUT2D eigenvalue weighted by Gasteiger charge is -2.37. The Bertz CT molecular complexity index is 719. The lowest BCUT2D eigenvalue weighted by molar-refractivity contribution is 0.211. The van der Waals surface area contributed by atoms with Crippen molar-refractivity contribution >= 4 is 32.7 Å². The zero-order valence-electron chi connectivity index (χ0n) is 12.8. The molecule has 0 saturated heterocycles. The van der Waals surface area contributed by atoms with E-state index in [0.29, 0.717) is 23.4 Å². The van der Waals surface area contributed by atoms with Gasteiger partial charge in [-0.3, -0.25) is 0 Å². The molecule has 5 nitrogen and oxygen atoms in total. The van der Waals surface area contributed by atoms with Crippen LogP contribution in [-0.2, 0) is 0 Å². The summed E-state index contributed by atoms with van der Waals surface area (Å²) in [6.45, 7) is 0. The highest BCUT2D eigenvalue weighted by molar-refractivity contribution is 9.10. The van der Waals surface area contributed by atoms with Crippen LogP contribution in [0.2, 0.25) is 0 Å². The van der Waals surface area contributed by atoms with Gasteiger partial charge in [0, 0.05) is 23.5 Å². The Morgan fingerprint density at radius 1 is 1.41 bits per heavy atom. The summed E-state index contributed by atoms with van der Waals surface area (Å²) >= 11 is 3.60. The summed E-state index contributed by atoms with van der Waals surface area (Å²) in [7, 11) is 4.26. The fourth-order valence-corrected chi connectivity index (χ4v) is 3.74. The maximum atomic E-state index is 8.96. The second-order valence-corrected chi connectivity index (χ2v) is 6.78. The molecule has 22 heavy (non-hydrogen) atoms. The van der Waals surface area contributed by atoms with Gasteiger partial charge in [-0.15, -0.1) is 0 Å². The molecule has 0 unspecified atom stereocenters. The summed E-state index contributed by atoms with van der Waals surface area (Å²) in [6.07, 6.45) is 6.55. The van der Waals surface area contributed by atoms with Gasteiger partial charge in [-0.1, -0.05) is 12.8 Å². The van der Waals surface area contributed by atoms with Gasteiger partial charge < -0.3 is 14.6 Å². The van der Waals surface area contributed by atoms with Gasteiger partial charge in [0.2, 0.25) is 5.76 Å². The first kappa shape index (κ1) is 15.3. The van der Waals surface area contributed by atoms with Crippen LogP contribution >= 0.6 is 15.9 Å². The van der Waals surface area contributed by atoms with Gasteiger partial charge in [0.05, 0.1) is 10.7 Å². The minimum atomic E-state index is 0.304. The highest BCUT2D eigenvalue weighted by Gasteiger charge is 2.27. The maximum absolute atomic E-state index is 8.96. The molecular weight excluding hydrogens is 344 g/mol. The van der Waals surface area contributed by atoms with Crippen LogP contribution in [0.4, 0.5) is 5.82 Å². The highest BCUT2D eigenvalue weighted by Crippen LogP contribution is 2.33. The molecule has 1 N–H and O–H groups in total. The molecular formula is C16H19BrN4O. The largest absolute Gasteiger partial charge is 0.444 e. The van der Waals surface area contributed by atoms with Crippen LogP contribution in [0, 0.1) is 11.3 Å². The molecule has 6 heteroatoms. The van der Waals surface area contributed by atoms with Gasteiger partial charge in [-0.25, -0.2) is 4.98 Å². The van der Waals surface area contributed by atoms with Crippen molar-refractivity contribution in [3.8, 4) is 6.07 Å². The average molecular weight is 363 g/mol. The Hall–Kier alpha value is -1.58. The number of nitrogens with one attached hydrogen (secondary N) is 1. The van der Waals surface area contributed by atoms with Crippen LogP contribution in [0.25, 0.3) is 11.0 Å². The van der Waals surface area contributed by atoms with E-state index in [-0.39, 0.29) is 0 Å². The van der Waals surface area contributed by atoms with Crippen molar-refractivity contribution in [3.63, 3.8) is 0 Å². The molecule has 0 amide bonds. The predicted molar refractivity (Wildman–Crippen MR) is 89.8 cm³/mol. The minimum Gasteiger partial charge on any atom is -0.444 e. The van der Waals surface area contributed by atoms with Crippen molar-refractivity contribution in [1.29, 1.82) is 5.26 Å². The molecule has 2 aromatic rings. The standard InChI is InChI=1S/C16H19BrN4O/c1-21(2)13-6-4-3-5-12(13)20-16-15(17)11-7-10(8-18)22-14(11)9-19-16/h7,9,12-13H,3-6H2,1-2H3,(H,19,20)/t12-,13-/m1/s1. The summed E-state index contributed by atoms with van der Waals surface area (Å²) in [4.78, 5) is 6.75. The zero-order valence-corrected chi connectivity index (χ0v) is 14.4. The lowest BCUT2D eigenvalue weighted by Crippen LogP contribution is -2.45. The molecule has 1 fully saturated rings. The smallest absolute Gasteiger partial charge is 0.204 e. The van der Waals surface area contributed by atoms with E-state index in [2.05, 4.69) is 45.2 Å². The predicted octanol–water partition coefficient (Wildman–Crippen LogP) is 3.75. The third-order valence-electron chi connectivity index (χ3n) is 4.34. The van der Waals surface area contributed by atoms with Gasteiger partial charge in [0.15, 0.2) is 5.58 Å². The van der Waals surface area contributed by atoms with Crippen molar-refractivity contribution < 1.29 is 4.42 Å². The van der Waals surface area contributed by atoms with Crippen LogP contribution in [0.15, 0.2) is 21.2 Å². The molecule has 1 saturated carbocycles. The number of rotatable bonds is 3. The molecule has 0 aromatic carbocycles. The number of pyridine rings is 1. The molecule has 2 aromatic heterocycles. The quantitative estimate of drug-likeness (QED) is 0.900. The Balaban J connectivity index is 1.90. The third-order valence-corrected chi connectivity index (χ3v) is 5.14. The molecule has 1 aliphatic carbocycles. The van der Waals surface area contributed by atoms with E-state index in [9.17, 15) is 0 Å². The maximum Gasteiger partial charge on any atom is 0.204 e. The molecule has 2 atom stereocenters. The molecule has 116 valence electrons. The molecule has 1 aliphatic rings. The van der Waals surface area contributed by atoms with Gasteiger partial charge in [-0.05, 0) is 42.9 Å². The number of fused-ring (bicyclic) bond motifs is 1. The molecule has 0 aliphatic heterocycles. The normalized spacial score (nSPS) is 22.0. The van der Waals surface area contributed by atoms with Gasteiger partial charge >= 0.3 is 0 Å². The first-order valence-electron chi connectivity index (χ1n) is 7.51. The number of hydrogen-bond donors (Lipinski definition) is 1. The summed E-state index contributed by atoms with van der Waals surface area (Å²) in [5, 5.41) is 13.4. The number of nitrogens with zero attached hydrogens (tertiary/aromatic N) is 3. The van der Waals surface area contributed by atoms with Crippen molar-refractivity contribution in [2.45, 2.75) is 37.8 Å². The van der Waals surface area contributed by atoms with Crippen LogP contribution < -0.4 is 5.32 Å². The number of anilines is 1. The number of likely N-dealkylation sites (N-methyl/N-ethyl adjacent to an activating group) is 1. The molecule has 0 bridgehead atoms. The van der Waals surface area contributed by atoms with Crippen LogP contribution in [0.3, 0.4) is 0 Å². The van der Waals surface area contributed by atoms with E-state index in [1.807, 2.05) is 6.07 Å². The molecule has 0 radical (unpaired) electrons. The second-order valence-electron chi connectivity index (χ2n) is 5.99. The van der Waals surface area contributed by atoms with Gasteiger partial charge in [0.25, 0.3) is 0 Å². The first-order chi connectivity index (χ1) is 10.6. The third kappa shape index (κ3) is 2.83. The second kappa shape index (κ2) is 6.27. The number of nitriles is 1. The van der Waals surface area contributed by atoms with E-state index in [0.717, 1.165) is 22.1 Å². The van der Waals surface area contributed by atoms with Crippen molar-refractivity contribution in [3.05, 3.63) is 22.5 Å². The Morgan fingerprint density at radius 2 is 2.18 bits per heavy atom. The SMILES string of the molecule is CN(C)[C@@H]1CCCC[C@H]1Nc1ncc2oc(C#N)cc2c1Br. The molecule has 2 heterocycles. The van der Waals surface area contributed by atoms with Crippen molar-refractivity contribution in [2.24, 2.45) is 0 Å². The average Bonchev–Trinajstić information content (AvgIpc) is 2.94. The fraction of sp³-hybridized carbons (Fsp3) is 0.500. The number of halogens is 1. The van der Waals surface area contributed by atoms with E-state index in [1.165, 1.54) is 19.3 Å². The topological polar surface area (TPSA) is 65.1 Å². The fourth-order valence-electron chi connectivity index (χ4n) is 3.21. The van der Waals surface area contributed by atoms with E-state index in [1.54, 1.807) is 12.3 Å². The van der Waals surface area contributed by atoms with E-state index in [4.69, 9.17) is 9.68 Å². The molecule has 3 rings (SSSR count). The number of aromatic nitrogens is 1. The van der Waals surface area contributed by atoms with Crippen molar-refractivity contribution in [1.82, 2.24) is 9.88 Å². The van der Waals surface area contributed by atoms with Crippen LogP contribution in [0.5, 0.6) is 0 Å². The summed E-state index contributed by atoms with van der Waals surface area (Å²) in [6, 6.07) is 4.66. The molecule has 0 spiro atoms. The minimum absolute atomic E-state index is 0.304. The first-order valence-corrected chi connectivity index (χ1v) is 8.30. The highest BCUT2D eigenvalue weighted by atomic mass is 79.9. The number of hydrogen-bond acceptors (Lipinski definition) is 5. The van der Waals surface area contributed by atoms with Crippen LogP contribution in [0.1, 0.15) is 31.4 Å². The lowest BCUT2D eigenvalue weighted by atomic mass is 9.89. The summed E-state index contributed by atoms with van der Waals surface area (Å²) < 4.78 is 6.27. The van der Waals surface area contributed by atoms with Crippen molar-refractivity contribution in [2.75, 3.05) is 19.4 Å². The van der Waals surface area contributed by atoms with E-state index < -0.39 is 0 Å². The summed E-state index contributed by atoms with van der Waals surface area (Å²) in [5.41, 5.74) is 0.627. The Labute approximate surface area is 138 Å². The Morgan fingerprint density at radius 3 is 2.91 bits per heavy atom. The van der Waals surface area contributed by atoms with E-state index >= 15 is 0 Å². The van der Waals surface area contributed by atoms with Gasteiger partial charge in [-0.2, -0.15) is 5.26 Å². The summed E-state index contributed by atoms with van der Waals surface area (Å²) in [5.74, 6) is 1.12. The van der Waals surface area contributed by atoms with Crippen LogP contribution in [-0.4, -0.2) is 36.1 Å². The zero-order chi connectivity index (χ0) is 15.7.